The van der Waals surface area contributed by atoms with E-state index < -0.39 is 63.1 Å². The number of phosphoric acid groups is 1. The first-order valence-electron chi connectivity index (χ1n) is 23.8. The molecule has 0 aromatic carbocycles. The summed E-state index contributed by atoms with van der Waals surface area (Å²) in [6.45, 7) is 4.01. The van der Waals surface area contributed by atoms with Crippen molar-refractivity contribution in [3.63, 3.8) is 0 Å². The molecule has 1 aliphatic carbocycles. The van der Waals surface area contributed by atoms with Gasteiger partial charge in [-0.15, -0.1) is 0 Å². The van der Waals surface area contributed by atoms with E-state index >= 15 is 0 Å². The molecule has 0 aliphatic heterocycles. The minimum absolute atomic E-state index is 0.0897. The van der Waals surface area contributed by atoms with Crippen LogP contribution in [0, 0.1) is 0 Å². The molecule has 0 saturated heterocycles. The largest absolute Gasteiger partial charge is 0.472 e. The van der Waals surface area contributed by atoms with Crippen LogP contribution in [0.5, 0.6) is 0 Å². The van der Waals surface area contributed by atoms with Crippen LogP contribution in [0.15, 0.2) is 72.9 Å². The minimum Gasteiger partial charge on any atom is -0.457 e. The lowest BCUT2D eigenvalue weighted by molar-refractivity contribution is -0.220. The highest BCUT2D eigenvalue weighted by molar-refractivity contribution is 7.47. The van der Waals surface area contributed by atoms with Crippen LogP contribution in [-0.2, 0) is 27.9 Å². The Bertz CT molecular complexity index is 1300. The Kier molecular flexibility index (Phi) is 36.5. The van der Waals surface area contributed by atoms with E-state index in [0.29, 0.717) is 13.0 Å². The number of carbonyl (C=O) groups excluding carboxylic acids is 1. The van der Waals surface area contributed by atoms with Gasteiger partial charge in [-0.1, -0.05) is 157 Å². The lowest BCUT2D eigenvalue weighted by Crippen LogP contribution is -2.64. The van der Waals surface area contributed by atoms with Crippen LogP contribution >= 0.6 is 7.82 Å². The molecule has 6 atom stereocenters. The maximum Gasteiger partial charge on any atom is 0.472 e. The van der Waals surface area contributed by atoms with Crippen molar-refractivity contribution in [2.45, 2.75) is 211 Å². The molecular formula is C49H85O12P. The van der Waals surface area contributed by atoms with Crippen molar-refractivity contribution in [1.29, 1.82) is 0 Å². The second-order valence-electron chi connectivity index (χ2n) is 16.2. The average Bonchev–Trinajstić information content (AvgIpc) is 3.26. The van der Waals surface area contributed by atoms with Crippen molar-refractivity contribution in [3.05, 3.63) is 72.9 Å². The number of phosphoric ester groups is 1. The molecule has 6 N–H and O–H groups in total. The number of ether oxygens (including phenoxy) is 2. The van der Waals surface area contributed by atoms with E-state index in [1.54, 1.807) is 0 Å². The molecule has 62 heavy (non-hydrogen) atoms. The van der Waals surface area contributed by atoms with E-state index in [1.165, 1.54) is 32.1 Å². The van der Waals surface area contributed by atoms with E-state index in [0.717, 1.165) is 109 Å². The molecule has 12 nitrogen and oxygen atoms in total. The van der Waals surface area contributed by atoms with Gasteiger partial charge in [-0.05, 0) is 77.0 Å². The van der Waals surface area contributed by atoms with Crippen molar-refractivity contribution in [1.82, 2.24) is 0 Å². The van der Waals surface area contributed by atoms with Gasteiger partial charge in [0.15, 0.2) is 0 Å². The fourth-order valence-electron chi connectivity index (χ4n) is 6.85. The second-order valence-corrected chi connectivity index (χ2v) is 17.6. The Labute approximate surface area is 374 Å². The van der Waals surface area contributed by atoms with Crippen LogP contribution < -0.4 is 0 Å². The molecule has 1 aliphatic rings. The molecule has 1 fully saturated rings. The monoisotopic (exact) mass is 897 g/mol. The summed E-state index contributed by atoms with van der Waals surface area (Å²) in [7, 11) is -5.03. The fraction of sp³-hybridized carbons (Fsp3) is 0.735. The van der Waals surface area contributed by atoms with E-state index in [9.17, 15) is 39.8 Å². The number of hydrogen-bond acceptors (Lipinski definition) is 11. The molecule has 0 aromatic heterocycles. The molecule has 6 unspecified atom stereocenters. The Morgan fingerprint density at radius 2 is 0.903 bits per heavy atom. The van der Waals surface area contributed by atoms with Crippen LogP contribution in [0.2, 0.25) is 0 Å². The summed E-state index contributed by atoms with van der Waals surface area (Å²) in [5.41, 5.74) is 0. The Morgan fingerprint density at radius 3 is 1.37 bits per heavy atom. The maximum absolute atomic E-state index is 12.8. The summed E-state index contributed by atoms with van der Waals surface area (Å²) in [5.74, 6) is -0.493. The van der Waals surface area contributed by atoms with Crippen molar-refractivity contribution in [3.8, 4) is 0 Å². The molecule has 358 valence electrons. The molecular weight excluding hydrogens is 812 g/mol. The fourth-order valence-corrected chi connectivity index (χ4v) is 7.83. The summed E-state index contributed by atoms with van der Waals surface area (Å²) < 4.78 is 34.2. The first-order chi connectivity index (χ1) is 30.0. The van der Waals surface area contributed by atoms with Gasteiger partial charge in [0.05, 0.1) is 13.2 Å². The summed E-state index contributed by atoms with van der Waals surface area (Å²) in [4.78, 5) is 23.2. The lowest BCUT2D eigenvalue weighted by atomic mass is 9.85. The van der Waals surface area contributed by atoms with Gasteiger partial charge in [0.2, 0.25) is 0 Å². The van der Waals surface area contributed by atoms with Gasteiger partial charge in [-0.2, -0.15) is 0 Å². The van der Waals surface area contributed by atoms with Crippen molar-refractivity contribution in [2.24, 2.45) is 0 Å². The SMILES string of the molecule is CC/C=C\C/C=C\C/C=C\CCCCCCCCCCOCC(COP(=O)(O)OC1C(O)C(O)C(O)C(O)C1O)OC(=O)CCCCCCCCC/C=C\C/C=C\C/C=C\CC. The van der Waals surface area contributed by atoms with E-state index in [2.05, 4.69) is 86.8 Å². The van der Waals surface area contributed by atoms with Gasteiger partial charge in [0.25, 0.3) is 0 Å². The molecule has 0 aromatic rings. The van der Waals surface area contributed by atoms with Crippen molar-refractivity contribution < 1.29 is 58.3 Å². The lowest BCUT2D eigenvalue weighted by Gasteiger charge is -2.41. The Hall–Kier alpha value is -2.22. The molecule has 0 heterocycles. The zero-order valence-electron chi connectivity index (χ0n) is 38.1. The van der Waals surface area contributed by atoms with Gasteiger partial charge in [0, 0.05) is 13.0 Å². The summed E-state index contributed by atoms with van der Waals surface area (Å²) in [6, 6.07) is 0. The number of hydrogen-bond donors (Lipinski definition) is 6. The predicted octanol–water partition coefficient (Wildman–Crippen LogP) is 9.97. The summed E-state index contributed by atoms with van der Waals surface area (Å²) >= 11 is 0. The minimum atomic E-state index is -5.03. The molecule has 0 radical (unpaired) electrons. The quantitative estimate of drug-likeness (QED) is 0.0148. The van der Waals surface area contributed by atoms with Gasteiger partial charge < -0.3 is 39.9 Å². The van der Waals surface area contributed by atoms with E-state index in [-0.39, 0.29) is 13.0 Å². The summed E-state index contributed by atoms with van der Waals surface area (Å²) in [5, 5.41) is 50.2. The molecule has 13 heteroatoms. The highest BCUT2D eigenvalue weighted by atomic mass is 31.2. The number of esters is 1. The molecule has 0 bridgehead atoms. The van der Waals surface area contributed by atoms with E-state index in [1.807, 2.05) is 0 Å². The van der Waals surface area contributed by atoms with Gasteiger partial charge in [0.1, 0.15) is 42.7 Å². The Morgan fingerprint density at radius 1 is 0.516 bits per heavy atom. The average molecular weight is 897 g/mol. The molecule has 1 saturated carbocycles. The number of carbonyl (C=O) groups is 1. The third-order valence-electron chi connectivity index (χ3n) is 10.6. The highest BCUT2D eigenvalue weighted by Crippen LogP contribution is 2.47. The Balaban J connectivity index is 2.39. The zero-order valence-corrected chi connectivity index (χ0v) is 39.0. The molecule has 0 spiro atoms. The number of aliphatic hydroxyl groups is 5. The topological polar surface area (TPSA) is 192 Å². The van der Waals surface area contributed by atoms with Crippen LogP contribution in [0.4, 0.5) is 0 Å². The van der Waals surface area contributed by atoms with Crippen LogP contribution in [0.25, 0.3) is 0 Å². The van der Waals surface area contributed by atoms with Gasteiger partial charge in [-0.25, -0.2) is 4.57 Å². The smallest absolute Gasteiger partial charge is 0.457 e. The van der Waals surface area contributed by atoms with Gasteiger partial charge >= 0.3 is 13.8 Å². The third-order valence-corrected chi connectivity index (χ3v) is 11.6. The predicted molar refractivity (Wildman–Crippen MR) is 248 cm³/mol. The third kappa shape index (κ3) is 30.8. The van der Waals surface area contributed by atoms with Crippen LogP contribution in [0.3, 0.4) is 0 Å². The standard InChI is InChI=1S/C49H85O12P/c1-3-5-7-9-11-13-15-17-19-21-23-25-27-29-31-33-35-37-39-58-40-42(41-59-62(56,57)61-49-47(54)45(52)44(51)46(53)48(49)55)60-43(50)38-36-34-32-30-28-26-24-22-20-18-16-14-12-10-8-6-4-2/h5-8,11-14,17-20,42,44-49,51-55H,3-4,9-10,15-16,21-41H2,1-2H3,(H,56,57)/b7-5-,8-6-,13-11-,14-12-,19-17-,20-18-. The summed E-state index contributed by atoms with van der Waals surface area (Å²) in [6.07, 6.45) is 38.2. The van der Waals surface area contributed by atoms with Crippen LogP contribution in [0.1, 0.15) is 168 Å². The van der Waals surface area contributed by atoms with Gasteiger partial charge in [-0.3, -0.25) is 13.8 Å². The first kappa shape index (κ1) is 57.8. The normalized spacial score (nSPS) is 22.6. The second kappa shape index (κ2) is 39.2. The molecule has 0 amide bonds. The number of aliphatic hydroxyl groups excluding tert-OH is 5. The highest BCUT2D eigenvalue weighted by Gasteiger charge is 2.51. The van der Waals surface area contributed by atoms with E-state index in [4.69, 9.17) is 18.5 Å². The maximum atomic E-state index is 12.8. The number of rotatable bonds is 39. The van der Waals surface area contributed by atoms with Crippen molar-refractivity contribution in [2.75, 3.05) is 19.8 Å². The van der Waals surface area contributed by atoms with Crippen LogP contribution in [-0.4, -0.2) is 98.9 Å². The first-order valence-corrected chi connectivity index (χ1v) is 25.3. The molecule has 1 rings (SSSR count). The number of allylic oxidation sites excluding steroid dienone is 12. The number of unbranched alkanes of at least 4 members (excludes halogenated alkanes) is 15. The zero-order chi connectivity index (χ0) is 45.5. The van der Waals surface area contributed by atoms with Crippen molar-refractivity contribution >= 4 is 13.8 Å².